The molecule has 1 aliphatic rings. The van der Waals surface area contributed by atoms with Crippen LogP contribution in [0.3, 0.4) is 0 Å². The fourth-order valence-electron chi connectivity index (χ4n) is 5.54. The molecule has 1 N–H and O–H groups in total. The SMILES string of the molecule is CCOc1cc2c(cc1C(SCc1ccc(C(C)(C)C)cc1)c1ccc(C(=O)O)cc1)C(C)(C)CCC2(C)C. The third kappa shape index (κ3) is 6.38. The molecule has 0 radical (unpaired) electrons. The van der Waals surface area contributed by atoms with Crippen LogP contribution in [0.15, 0.2) is 60.7 Å². The molecule has 0 aliphatic heterocycles. The lowest BCUT2D eigenvalue weighted by Crippen LogP contribution is -2.34. The van der Waals surface area contributed by atoms with Crippen LogP contribution in [0.25, 0.3) is 0 Å². The molecule has 0 bridgehead atoms. The molecule has 0 heterocycles. The van der Waals surface area contributed by atoms with Crippen molar-refractivity contribution in [3.63, 3.8) is 0 Å². The van der Waals surface area contributed by atoms with Crippen molar-refractivity contribution < 1.29 is 14.6 Å². The smallest absolute Gasteiger partial charge is 0.335 e. The van der Waals surface area contributed by atoms with Gasteiger partial charge in [0, 0.05) is 11.3 Å². The van der Waals surface area contributed by atoms with Crippen LogP contribution in [-0.2, 0) is 22.0 Å². The minimum absolute atomic E-state index is 0.00262. The first-order valence-corrected chi connectivity index (χ1v) is 15.1. The number of carboxylic acid groups (broad SMARTS) is 1. The van der Waals surface area contributed by atoms with Gasteiger partial charge in [-0.05, 0) is 88.1 Å². The molecule has 0 aromatic heterocycles. The predicted octanol–water partition coefficient (Wildman–Crippen LogP) is 9.45. The van der Waals surface area contributed by atoms with E-state index in [0.717, 1.165) is 29.9 Å². The van der Waals surface area contributed by atoms with Gasteiger partial charge >= 0.3 is 5.97 Å². The number of rotatable bonds is 8. The van der Waals surface area contributed by atoms with Gasteiger partial charge in [0.05, 0.1) is 17.4 Å². The van der Waals surface area contributed by atoms with E-state index in [4.69, 9.17) is 4.74 Å². The van der Waals surface area contributed by atoms with E-state index >= 15 is 0 Å². The number of benzene rings is 3. The van der Waals surface area contributed by atoms with Crippen LogP contribution in [0, 0.1) is 0 Å². The summed E-state index contributed by atoms with van der Waals surface area (Å²) in [6.07, 6.45) is 2.29. The van der Waals surface area contributed by atoms with E-state index in [1.54, 1.807) is 12.1 Å². The van der Waals surface area contributed by atoms with Gasteiger partial charge in [-0.3, -0.25) is 0 Å². The summed E-state index contributed by atoms with van der Waals surface area (Å²) in [5, 5.41) is 9.49. The first-order valence-electron chi connectivity index (χ1n) is 14.1. The highest BCUT2D eigenvalue weighted by molar-refractivity contribution is 7.99. The number of carbonyl (C=O) groups is 1. The van der Waals surface area contributed by atoms with Gasteiger partial charge in [0.25, 0.3) is 0 Å². The molecule has 4 heteroatoms. The molecule has 0 saturated carbocycles. The van der Waals surface area contributed by atoms with E-state index in [1.807, 2.05) is 30.8 Å². The molecule has 3 nitrogen and oxygen atoms in total. The van der Waals surface area contributed by atoms with Crippen molar-refractivity contribution in [2.24, 2.45) is 0 Å². The highest BCUT2D eigenvalue weighted by atomic mass is 32.2. The van der Waals surface area contributed by atoms with E-state index in [2.05, 4.69) is 84.9 Å². The van der Waals surface area contributed by atoms with E-state index in [1.165, 1.54) is 27.8 Å². The highest BCUT2D eigenvalue weighted by Gasteiger charge is 2.38. The summed E-state index contributed by atoms with van der Waals surface area (Å²) in [7, 11) is 0. The van der Waals surface area contributed by atoms with Crippen LogP contribution in [0.4, 0.5) is 0 Å². The fourth-order valence-corrected chi connectivity index (χ4v) is 6.81. The second-order valence-electron chi connectivity index (χ2n) is 13.2. The molecule has 0 spiro atoms. The highest BCUT2D eigenvalue weighted by Crippen LogP contribution is 2.51. The Kier molecular flexibility index (Phi) is 8.28. The van der Waals surface area contributed by atoms with Crippen LogP contribution in [0.5, 0.6) is 5.75 Å². The number of hydrogen-bond acceptors (Lipinski definition) is 3. The molecule has 1 atom stereocenters. The number of carboxylic acids is 1. The molecule has 1 unspecified atom stereocenters. The van der Waals surface area contributed by atoms with E-state index < -0.39 is 5.97 Å². The lowest BCUT2D eigenvalue weighted by atomic mass is 9.62. The van der Waals surface area contributed by atoms with Crippen molar-refractivity contribution in [1.82, 2.24) is 0 Å². The Morgan fingerprint density at radius 1 is 0.923 bits per heavy atom. The van der Waals surface area contributed by atoms with Crippen LogP contribution in [-0.4, -0.2) is 17.7 Å². The Morgan fingerprint density at radius 2 is 1.49 bits per heavy atom. The molecule has 208 valence electrons. The first-order chi connectivity index (χ1) is 18.2. The average Bonchev–Trinajstić information content (AvgIpc) is 2.87. The third-order valence-corrected chi connectivity index (χ3v) is 9.62. The van der Waals surface area contributed by atoms with Crippen molar-refractivity contribution in [3.05, 3.63) is 99.6 Å². The largest absolute Gasteiger partial charge is 0.494 e. The van der Waals surface area contributed by atoms with Gasteiger partial charge in [-0.15, -0.1) is 11.8 Å². The van der Waals surface area contributed by atoms with Crippen LogP contribution in [0.2, 0.25) is 0 Å². The standard InChI is InChI=1S/C35H44O3S/c1-9-38-30-21-29-28(34(5,6)18-19-35(29,7)8)20-27(30)31(24-12-14-25(15-13-24)32(36)37)39-22-23-10-16-26(17-11-23)33(2,3)4/h10-17,20-21,31H,9,18-19,22H2,1-8H3,(H,36,37). The van der Waals surface area contributed by atoms with Crippen LogP contribution >= 0.6 is 11.8 Å². The zero-order valence-corrected chi connectivity index (χ0v) is 25.7. The maximum absolute atomic E-state index is 11.6. The maximum Gasteiger partial charge on any atom is 0.335 e. The van der Waals surface area contributed by atoms with Gasteiger partial charge < -0.3 is 9.84 Å². The number of ether oxygens (including phenoxy) is 1. The van der Waals surface area contributed by atoms with E-state index in [0.29, 0.717) is 12.2 Å². The van der Waals surface area contributed by atoms with Gasteiger partial charge in [0.15, 0.2) is 0 Å². The molecule has 0 saturated heterocycles. The summed E-state index contributed by atoms with van der Waals surface area (Å²) in [4.78, 5) is 11.6. The molecular weight excluding hydrogens is 500 g/mol. The molecule has 3 aromatic carbocycles. The lowest BCUT2D eigenvalue weighted by molar-refractivity contribution is 0.0697. The summed E-state index contributed by atoms with van der Waals surface area (Å²) in [6.45, 7) is 18.7. The molecule has 4 rings (SSSR count). The Bertz CT molecular complexity index is 1310. The molecule has 1 aliphatic carbocycles. The van der Waals surface area contributed by atoms with Crippen molar-refractivity contribution >= 4 is 17.7 Å². The van der Waals surface area contributed by atoms with Crippen molar-refractivity contribution in [3.8, 4) is 5.75 Å². The third-order valence-electron chi connectivity index (χ3n) is 8.26. The molecular formula is C35H44O3S. The maximum atomic E-state index is 11.6. The van der Waals surface area contributed by atoms with Gasteiger partial charge in [-0.25, -0.2) is 4.79 Å². The minimum Gasteiger partial charge on any atom is -0.494 e. The number of thioether (sulfide) groups is 1. The molecule has 3 aromatic rings. The fraction of sp³-hybridized carbons (Fsp3) is 0.457. The predicted molar refractivity (Wildman–Crippen MR) is 165 cm³/mol. The number of fused-ring (bicyclic) bond motifs is 1. The Balaban J connectivity index is 1.80. The summed E-state index contributed by atoms with van der Waals surface area (Å²) in [5.74, 6) is 0.871. The van der Waals surface area contributed by atoms with Crippen LogP contribution < -0.4 is 4.74 Å². The van der Waals surface area contributed by atoms with Crippen molar-refractivity contribution in [1.29, 1.82) is 0 Å². The van der Waals surface area contributed by atoms with Gasteiger partial charge in [-0.1, -0.05) is 84.9 Å². The van der Waals surface area contributed by atoms with E-state index in [9.17, 15) is 9.90 Å². The lowest BCUT2D eigenvalue weighted by Gasteiger charge is -2.42. The quantitative estimate of drug-likeness (QED) is 0.307. The second kappa shape index (κ2) is 11.0. The summed E-state index contributed by atoms with van der Waals surface area (Å²) < 4.78 is 6.33. The second-order valence-corrected chi connectivity index (χ2v) is 14.3. The Labute approximate surface area is 239 Å². The van der Waals surface area contributed by atoms with E-state index in [-0.39, 0.29) is 21.5 Å². The zero-order chi connectivity index (χ0) is 28.6. The molecule has 39 heavy (non-hydrogen) atoms. The molecule has 0 fully saturated rings. The number of aromatic carboxylic acids is 1. The van der Waals surface area contributed by atoms with Crippen LogP contribution in [0.1, 0.15) is 117 Å². The van der Waals surface area contributed by atoms with Gasteiger partial charge in [-0.2, -0.15) is 0 Å². The monoisotopic (exact) mass is 544 g/mol. The van der Waals surface area contributed by atoms with Gasteiger partial charge in [0.1, 0.15) is 5.75 Å². The summed E-state index contributed by atoms with van der Waals surface area (Å²) >= 11 is 1.87. The molecule has 0 amide bonds. The average molecular weight is 545 g/mol. The zero-order valence-electron chi connectivity index (χ0n) is 24.9. The Morgan fingerprint density at radius 3 is 2.00 bits per heavy atom. The summed E-state index contributed by atoms with van der Waals surface area (Å²) in [5.41, 5.74) is 8.24. The normalized spacial score (nSPS) is 16.8. The van der Waals surface area contributed by atoms with Crippen molar-refractivity contribution in [2.45, 2.75) is 95.5 Å². The first kappa shape index (κ1) is 29.3. The topological polar surface area (TPSA) is 46.5 Å². The Hall–Kier alpha value is -2.72. The minimum atomic E-state index is -0.905. The van der Waals surface area contributed by atoms with Gasteiger partial charge in [0.2, 0.25) is 0 Å². The number of hydrogen-bond donors (Lipinski definition) is 1. The summed E-state index contributed by atoms with van der Waals surface area (Å²) in [6, 6.07) is 21.0. The van der Waals surface area contributed by atoms with Crippen molar-refractivity contribution in [2.75, 3.05) is 6.61 Å².